The van der Waals surface area contributed by atoms with E-state index in [0.717, 1.165) is 63.7 Å². The van der Waals surface area contributed by atoms with Crippen LogP contribution in [0.2, 0.25) is 0 Å². The molecule has 2 aliphatic rings. The molecule has 0 amide bonds. The zero-order chi connectivity index (χ0) is 25.3. The normalized spacial score (nSPS) is 15.2. The van der Waals surface area contributed by atoms with E-state index in [9.17, 15) is 9.59 Å². The van der Waals surface area contributed by atoms with E-state index in [2.05, 4.69) is 18.7 Å². The van der Waals surface area contributed by atoms with Crippen molar-refractivity contribution in [2.24, 2.45) is 0 Å². The zero-order valence-corrected chi connectivity index (χ0v) is 22.1. The molecule has 1 heterocycles. The Balaban J connectivity index is 1.63. The number of ketones is 2. The number of ether oxygens (including phenoxy) is 2. The van der Waals surface area contributed by atoms with Crippen molar-refractivity contribution in [2.45, 2.75) is 84.6 Å². The van der Waals surface area contributed by atoms with Crippen molar-refractivity contribution in [3.05, 3.63) is 58.1 Å². The number of carbonyl (C=O) groups excluding carboxylic acids is 2. The molecule has 1 aliphatic carbocycles. The lowest BCUT2D eigenvalue weighted by Gasteiger charge is -2.24. The van der Waals surface area contributed by atoms with Gasteiger partial charge in [-0.2, -0.15) is 0 Å². The summed E-state index contributed by atoms with van der Waals surface area (Å²) in [5, 5.41) is 0. The van der Waals surface area contributed by atoms with Gasteiger partial charge >= 0.3 is 0 Å². The lowest BCUT2D eigenvalue weighted by atomic mass is 9.82. The number of likely N-dealkylation sites (tertiary alicyclic amines) is 1. The Labute approximate surface area is 216 Å². The van der Waals surface area contributed by atoms with Gasteiger partial charge in [-0.3, -0.25) is 14.5 Å². The summed E-state index contributed by atoms with van der Waals surface area (Å²) in [7, 11) is 0. The van der Waals surface area contributed by atoms with Gasteiger partial charge in [0, 0.05) is 17.7 Å². The molecule has 0 aromatic heterocycles. The van der Waals surface area contributed by atoms with Crippen LogP contribution in [-0.4, -0.2) is 42.8 Å². The highest BCUT2D eigenvalue weighted by molar-refractivity contribution is 6.30. The number of rotatable bonds is 14. The predicted octanol–water partition coefficient (Wildman–Crippen LogP) is 6.98. The van der Waals surface area contributed by atoms with Gasteiger partial charge < -0.3 is 9.47 Å². The Morgan fingerprint density at radius 1 is 0.722 bits per heavy atom. The standard InChI is InChI=1S/C31H41NO4/c1-3-5-7-11-18-35-26-15-13-14-24-28(26)31(34)29-25(30(24)33)20-23(22-32-16-9-10-17-32)21-27(29)36-19-12-8-6-4-2/h13-15,20-21H,3-12,16-19,22H2,1-2H3. The van der Waals surface area contributed by atoms with Crippen molar-refractivity contribution in [3.63, 3.8) is 0 Å². The lowest BCUT2D eigenvalue weighted by Crippen LogP contribution is -2.25. The van der Waals surface area contributed by atoms with Crippen LogP contribution in [0.4, 0.5) is 0 Å². The first-order valence-electron chi connectivity index (χ1n) is 14.0. The smallest absolute Gasteiger partial charge is 0.201 e. The van der Waals surface area contributed by atoms with Crippen molar-refractivity contribution in [1.29, 1.82) is 0 Å². The quantitative estimate of drug-likeness (QED) is 0.228. The fourth-order valence-electron chi connectivity index (χ4n) is 5.26. The Bertz CT molecular complexity index is 1050. The second-order valence-electron chi connectivity index (χ2n) is 10.2. The third kappa shape index (κ3) is 6.18. The van der Waals surface area contributed by atoms with Gasteiger partial charge in [0.25, 0.3) is 0 Å². The maximum absolute atomic E-state index is 13.9. The summed E-state index contributed by atoms with van der Waals surface area (Å²) in [6.45, 7) is 8.36. The third-order valence-electron chi connectivity index (χ3n) is 7.25. The Hall–Kier alpha value is -2.66. The van der Waals surface area contributed by atoms with E-state index < -0.39 is 0 Å². The minimum Gasteiger partial charge on any atom is -0.493 e. The first kappa shape index (κ1) is 26.4. The molecule has 2 aromatic rings. The van der Waals surface area contributed by atoms with Crippen LogP contribution in [0.15, 0.2) is 30.3 Å². The maximum Gasteiger partial charge on any atom is 0.201 e. The highest BCUT2D eigenvalue weighted by Gasteiger charge is 2.35. The number of carbonyl (C=O) groups is 2. The van der Waals surface area contributed by atoms with Crippen LogP contribution in [0.1, 0.15) is 115 Å². The number of unbranched alkanes of at least 4 members (excludes halogenated alkanes) is 6. The molecule has 2 aromatic carbocycles. The van der Waals surface area contributed by atoms with E-state index in [1.807, 2.05) is 24.3 Å². The highest BCUT2D eigenvalue weighted by Crippen LogP contribution is 2.38. The van der Waals surface area contributed by atoms with Gasteiger partial charge in [-0.15, -0.1) is 0 Å². The Morgan fingerprint density at radius 3 is 2.03 bits per heavy atom. The van der Waals surface area contributed by atoms with Crippen molar-refractivity contribution in [1.82, 2.24) is 4.90 Å². The molecule has 4 rings (SSSR count). The maximum atomic E-state index is 13.9. The van der Waals surface area contributed by atoms with Crippen LogP contribution in [0.25, 0.3) is 0 Å². The molecule has 0 saturated carbocycles. The van der Waals surface area contributed by atoms with E-state index in [1.165, 1.54) is 25.7 Å². The van der Waals surface area contributed by atoms with Crippen molar-refractivity contribution in [2.75, 3.05) is 26.3 Å². The number of fused-ring (bicyclic) bond motifs is 2. The largest absolute Gasteiger partial charge is 0.493 e. The zero-order valence-electron chi connectivity index (χ0n) is 22.1. The molecule has 1 fully saturated rings. The Morgan fingerprint density at radius 2 is 1.36 bits per heavy atom. The molecular formula is C31H41NO4. The first-order valence-corrected chi connectivity index (χ1v) is 14.0. The number of nitrogens with zero attached hydrogens (tertiary/aromatic N) is 1. The summed E-state index contributed by atoms with van der Waals surface area (Å²) in [6.07, 6.45) is 11.1. The topological polar surface area (TPSA) is 55.8 Å². The molecule has 36 heavy (non-hydrogen) atoms. The fourth-order valence-corrected chi connectivity index (χ4v) is 5.26. The average Bonchev–Trinajstić information content (AvgIpc) is 3.39. The van der Waals surface area contributed by atoms with E-state index >= 15 is 0 Å². The molecule has 0 bridgehead atoms. The highest BCUT2D eigenvalue weighted by atomic mass is 16.5. The fraction of sp³-hybridized carbons (Fsp3) is 0.548. The summed E-state index contributed by atoms with van der Waals surface area (Å²) in [6, 6.07) is 9.28. The molecule has 0 atom stereocenters. The molecule has 0 radical (unpaired) electrons. The molecule has 1 aliphatic heterocycles. The molecular weight excluding hydrogens is 450 g/mol. The predicted molar refractivity (Wildman–Crippen MR) is 144 cm³/mol. The van der Waals surface area contributed by atoms with Gasteiger partial charge in [0.1, 0.15) is 11.5 Å². The van der Waals surface area contributed by atoms with E-state index in [1.54, 1.807) is 6.07 Å². The molecule has 0 spiro atoms. The van der Waals surface area contributed by atoms with Gasteiger partial charge in [-0.05, 0) is 62.5 Å². The van der Waals surface area contributed by atoms with Crippen molar-refractivity contribution in [3.8, 4) is 11.5 Å². The monoisotopic (exact) mass is 491 g/mol. The molecule has 1 saturated heterocycles. The Kier molecular flexibility index (Phi) is 9.57. The average molecular weight is 492 g/mol. The van der Waals surface area contributed by atoms with E-state index in [4.69, 9.17) is 9.47 Å². The summed E-state index contributed by atoms with van der Waals surface area (Å²) in [5.74, 6) is 0.762. The molecule has 5 nitrogen and oxygen atoms in total. The number of hydrogen-bond donors (Lipinski definition) is 0. The summed E-state index contributed by atoms with van der Waals surface area (Å²) in [5.41, 5.74) is 2.72. The van der Waals surface area contributed by atoms with Crippen LogP contribution in [0.3, 0.4) is 0 Å². The third-order valence-corrected chi connectivity index (χ3v) is 7.25. The molecule has 0 N–H and O–H groups in total. The van der Waals surface area contributed by atoms with E-state index in [0.29, 0.717) is 47.0 Å². The van der Waals surface area contributed by atoms with Crippen LogP contribution >= 0.6 is 0 Å². The van der Waals surface area contributed by atoms with Gasteiger partial charge in [-0.1, -0.05) is 64.5 Å². The summed E-state index contributed by atoms with van der Waals surface area (Å²) < 4.78 is 12.3. The van der Waals surface area contributed by atoms with Crippen LogP contribution in [0, 0.1) is 0 Å². The summed E-state index contributed by atoms with van der Waals surface area (Å²) in [4.78, 5) is 30.0. The van der Waals surface area contributed by atoms with E-state index in [-0.39, 0.29) is 11.6 Å². The molecule has 0 unspecified atom stereocenters. The second kappa shape index (κ2) is 13.0. The van der Waals surface area contributed by atoms with Crippen molar-refractivity contribution >= 4 is 11.6 Å². The lowest BCUT2D eigenvalue weighted by molar-refractivity contribution is 0.0971. The van der Waals surface area contributed by atoms with Crippen LogP contribution < -0.4 is 9.47 Å². The number of benzene rings is 2. The van der Waals surface area contributed by atoms with Gasteiger partial charge in [0.2, 0.25) is 5.78 Å². The minimum absolute atomic E-state index is 0.116. The first-order chi connectivity index (χ1) is 17.6. The van der Waals surface area contributed by atoms with Crippen molar-refractivity contribution < 1.29 is 19.1 Å². The summed E-state index contributed by atoms with van der Waals surface area (Å²) >= 11 is 0. The van der Waals surface area contributed by atoms with Crippen LogP contribution in [0.5, 0.6) is 11.5 Å². The van der Waals surface area contributed by atoms with Crippen LogP contribution in [-0.2, 0) is 6.54 Å². The molecule has 194 valence electrons. The molecule has 5 heteroatoms. The number of hydrogen-bond acceptors (Lipinski definition) is 5. The second-order valence-corrected chi connectivity index (χ2v) is 10.2. The minimum atomic E-state index is -0.167. The van der Waals surface area contributed by atoms with Gasteiger partial charge in [-0.25, -0.2) is 0 Å². The SMILES string of the molecule is CCCCCCOc1cccc2c1C(=O)c1c(OCCCCCC)cc(CN3CCCC3)cc1C2=O. The van der Waals surface area contributed by atoms with Gasteiger partial charge in [0.15, 0.2) is 5.78 Å². The van der Waals surface area contributed by atoms with Gasteiger partial charge in [0.05, 0.1) is 24.3 Å².